The van der Waals surface area contributed by atoms with Gasteiger partial charge >= 0.3 is 5.63 Å². The summed E-state index contributed by atoms with van der Waals surface area (Å²) in [5, 5.41) is 0.936. The summed E-state index contributed by atoms with van der Waals surface area (Å²) >= 11 is 1.51. The quantitative estimate of drug-likeness (QED) is 0.561. The van der Waals surface area contributed by atoms with E-state index in [1.165, 1.54) is 11.3 Å². The molecule has 1 aliphatic heterocycles. The number of piperazine rings is 1. The van der Waals surface area contributed by atoms with Crippen LogP contribution < -0.4 is 5.63 Å². The van der Waals surface area contributed by atoms with Gasteiger partial charge in [0.15, 0.2) is 0 Å². The van der Waals surface area contributed by atoms with E-state index in [2.05, 4.69) is 17.9 Å². The number of benzene rings is 1. The molecule has 0 saturated carbocycles. The minimum absolute atomic E-state index is 0.352. The van der Waals surface area contributed by atoms with Gasteiger partial charge < -0.3 is 4.42 Å². The van der Waals surface area contributed by atoms with Gasteiger partial charge in [-0.25, -0.2) is 13.2 Å². The largest absolute Gasteiger partial charge is 0.423 e. The van der Waals surface area contributed by atoms with Crippen LogP contribution in [0.15, 0.2) is 44.4 Å². The lowest BCUT2D eigenvalue weighted by Crippen LogP contribution is -2.48. The van der Waals surface area contributed by atoms with Crippen LogP contribution in [-0.4, -0.2) is 43.8 Å². The van der Waals surface area contributed by atoms with Gasteiger partial charge in [0.05, 0.1) is 4.90 Å². The first-order valence-electron chi connectivity index (χ1n) is 10.1. The second kappa shape index (κ2) is 8.26. The van der Waals surface area contributed by atoms with Crippen molar-refractivity contribution in [3.8, 4) is 0 Å². The van der Waals surface area contributed by atoms with Gasteiger partial charge in [-0.15, -0.1) is 11.3 Å². The van der Waals surface area contributed by atoms with Gasteiger partial charge in [0.1, 0.15) is 5.58 Å². The average Bonchev–Trinajstić information content (AvgIpc) is 3.06. The van der Waals surface area contributed by atoms with Crippen LogP contribution in [0.2, 0.25) is 0 Å². The maximum Gasteiger partial charge on any atom is 0.336 e. The number of nitrogens with zero attached hydrogens (tertiary/aromatic N) is 2. The Labute approximate surface area is 180 Å². The minimum atomic E-state index is -3.47. The molecule has 0 spiro atoms. The van der Waals surface area contributed by atoms with Crippen molar-refractivity contribution >= 4 is 32.3 Å². The molecule has 1 saturated heterocycles. The van der Waals surface area contributed by atoms with E-state index >= 15 is 0 Å². The molecule has 160 valence electrons. The molecule has 0 unspecified atom stereocenters. The Balaban J connectivity index is 1.50. The SMILES string of the molecule is CCc1ccc2c(CN3CCN(S(=O)(=O)c4cc(C)sc4C)CC3)cc(=O)oc2c1. The van der Waals surface area contributed by atoms with Crippen molar-refractivity contribution in [1.82, 2.24) is 9.21 Å². The third kappa shape index (κ3) is 4.09. The highest BCUT2D eigenvalue weighted by molar-refractivity contribution is 7.89. The summed E-state index contributed by atoms with van der Waals surface area (Å²) in [6, 6.07) is 9.31. The van der Waals surface area contributed by atoms with E-state index in [1.54, 1.807) is 16.4 Å². The van der Waals surface area contributed by atoms with E-state index in [0.717, 1.165) is 32.7 Å². The number of hydrogen-bond donors (Lipinski definition) is 0. The molecule has 2 aromatic heterocycles. The fourth-order valence-electron chi connectivity index (χ4n) is 4.00. The fourth-order valence-corrected chi connectivity index (χ4v) is 6.94. The van der Waals surface area contributed by atoms with Crippen LogP contribution in [0.4, 0.5) is 0 Å². The molecular weight excluding hydrogens is 420 g/mol. The molecule has 4 rings (SSSR count). The molecule has 3 aromatic rings. The topological polar surface area (TPSA) is 70.8 Å². The Hall–Kier alpha value is -2.00. The van der Waals surface area contributed by atoms with Crippen molar-refractivity contribution in [2.75, 3.05) is 26.2 Å². The van der Waals surface area contributed by atoms with Crippen molar-refractivity contribution in [2.24, 2.45) is 0 Å². The standard InChI is InChI=1S/C22H26N2O4S2/c1-4-17-5-6-19-18(13-22(25)28-20(19)12-17)14-23-7-9-24(10-8-23)30(26,27)21-11-15(2)29-16(21)3/h5-6,11-13H,4,7-10,14H2,1-3H3. The lowest BCUT2D eigenvalue weighted by Gasteiger charge is -2.34. The van der Waals surface area contributed by atoms with Gasteiger partial charge in [-0.1, -0.05) is 19.1 Å². The summed E-state index contributed by atoms with van der Waals surface area (Å²) in [7, 11) is -3.47. The Morgan fingerprint density at radius 2 is 1.80 bits per heavy atom. The highest BCUT2D eigenvalue weighted by Gasteiger charge is 2.30. The average molecular weight is 447 g/mol. The third-order valence-electron chi connectivity index (χ3n) is 5.64. The highest BCUT2D eigenvalue weighted by Crippen LogP contribution is 2.28. The zero-order valence-corrected chi connectivity index (χ0v) is 19.1. The second-order valence-corrected chi connectivity index (χ2v) is 11.1. The monoisotopic (exact) mass is 446 g/mol. The molecule has 0 N–H and O–H groups in total. The maximum atomic E-state index is 13.0. The second-order valence-electron chi connectivity index (χ2n) is 7.73. The summed E-state index contributed by atoms with van der Waals surface area (Å²) in [4.78, 5) is 16.5. The maximum absolute atomic E-state index is 13.0. The molecule has 0 amide bonds. The molecule has 3 heterocycles. The number of thiophene rings is 1. The van der Waals surface area contributed by atoms with Crippen LogP contribution in [0.1, 0.15) is 27.8 Å². The van der Waals surface area contributed by atoms with Crippen LogP contribution in [0, 0.1) is 13.8 Å². The van der Waals surface area contributed by atoms with Crippen molar-refractivity contribution in [2.45, 2.75) is 38.6 Å². The predicted molar refractivity (Wildman–Crippen MR) is 120 cm³/mol. The van der Waals surface area contributed by atoms with E-state index < -0.39 is 10.0 Å². The first-order valence-corrected chi connectivity index (χ1v) is 12.4. The summed E-state index contributed by atoms with van der Waals surface area (Å²) in [5.74, 6) is 0. The first-order chi connectivity index (χ1) is 14.3. The van der Waals surface area contributed by atoms with Gasteiger partial charge in [0.25, 0.3) is 0 Å². The Morgan fingerprint density at radius 1 is 1.07 bits per heavy atom. The molecule has 6 nitrogen and oxygen atoms in total. The van der Waals surface area contributed by atoms with Crippen LogP contribution in [0.25, 0.3) is 11.0 Å². The van der Waals surface area contributed by atoms with Crippen LogP contribution in [0.5, 0.6) is 0 Å². The van der Waals surface area contributed by atoms with Crippen molar-refractivity contribution in [3.05, 3.63) is 61.6 Å². The lowest BCUT2D eigenvalue weighted by molar-refractivity contribution is 0.182. The molecule has 8 heteroatoms. The molecule has 0 bridgehead atoms. The molecule has 0 aliphatic carbocycles. The first kappa shape index (κ1) is 21.2. The van der Waals surface area contributed by atoms with Gasteiger partial charge in [-0.3, -0.25) is 4.90 Å². The minimum Gasteiger partial charge on any atom is -0.423 e. The Bertz CT molecular complexity index is 1240. The number of fused-ring (bicyclic) bond motifs is 1. The van der Waals surface area contributed by atoms with E-state index in [9.17, 15) is 13.2 Å². The summed E-state index contributed by atoms with van der Waals surface area (Å²) in [6.07, 6.45) is 0.878. The van der Waals surface area contributed by atoms with E-state index in [0.29, 0.717) is 43.2 Å². The van der Waals surface area contributed by atoms with Crippen molar-refractivity contribution in [3.63, 3.8) is 0 Å². The van der Waals surface area contributed by atoms with Gasteiger partial charge in [0, 0.05) is 53.9 Å². The molecule has 30 heavy (non-hydrogen) atoms. The molecule has 1 aromatic carbocycles. The number of hydrogen-bond acceptors (Lipinski definition) is 6. The summed E-state index contributed by atoms with van der Waals surface area (Å²) < 4.78 is 33.0. The number of rotatable bonds is 5. The fraction of sp³-hybridized carbons (Fsp3) is 0.409. The smallest absolute Gasteiger partial charge is 0.336 e. The molecule has 1 fully saturated rings. The van der Waals surface area contributed by atoms with Gasteiger partial charge in [-0.05, 0) is 43.5 Å². The zero-order chi connectivity index (χ0) is 21.5. The predicted octanol–water partition coefficient (Wildman–Crippen LogP) is 3.54. The third-order valence-corrected chi connectivity index (χ3v) is 8.76. The normalized spacial score (nSPS) is 16.4. The van der Waals surface area contributed by atoms with Crippen molar-refractivity contribution < 1.29 is 12.8 Å². The molecule has 1 aliphatic rings. The molecule has 0 radical (unpaired) electrons. The van der Waals surface area contributed by atoms with Gasteiger partial charge in [-0.2, -0.15) is 4.31 Å². The van der Waals surface area contributed by atoms with Crippen LogP contribution in [-0.2, 0) is 23.0 Å². The summed E-state index contributed by atoms with van der Waals surface area (Å²) in [5.41, 5.74) is 2.31. The zero-order valence-electron chi connectivity index (χ0n) is 17.5. The highest BCUT2D eigenvalue weighted by atomic mass is 32.2. The molecular formula is C22H26N2O4S2. The van der Waals surface area contributed by atoms with Crippen molar-refractivity contribution in [1.29, 1.82) is 0 Å². The Kier molecular flexibility index (Phi) is 5.85. The van der Waals surface area contributed by atoms with E-state index in [1.807, 2.05) is 26.0 Å². The van der Waals surface area contributed by atoms with E-state index in [-0.39, 0.29) is 5.63 Å². The Morgan fingerprint density at radius 3 is 2.43 bits per heavy atom. The molecule has 0 atom stereocenters. The summed E-state index contributed by atoms with van der Waals surface area (Å²) in [6.45, 7) is 8.57. The van der Waals surface area contributed by atoms with Gasteiger partial charge in [0.2, 0.25) is 10.0 Å². The number of sulfonamides is 1. The number of aryl methyl sites for hydroxylation is 3. The van der Waals surface area contributed by atoms with Crippen LogP contribution >= 0.6 is 11.3 Å². The van der Waals surface area contributed by atoms with Crippen LogP contribution in [0.3, 0.4) is 0 Å². The van der Waals surface area contributed by atoms with E-state index in [4.69, 9.17) is 4.42 Å². The lowest BCUT2D eigenvalue weighted by atomic mass is 10.1.